The van der Waals surface area contributed by atoms with Crippen LogP contribution in [0.2, 0.25) is 0 Å². The van der Waals surface area contributed by atoms with Gasteiger partial charge in [-0.2, -0.15) is 10.1 Å². The zero-order chi connectivity index (χ0) is 21.3. The molecule has 2 amide bonds. The van der Waals surface area contributed by atoms with Crippen molar-refractivity contribution in [1.29, 1.82) is 0 Å². The molecule has 0 fully saturated rings. The quantitative estimate of drug-likeness (QED) is 0.215. The van der Waals surface area contributed by atoms with E-state index in [1.807, 2.05) is 0 Å². The lowest BCUT2D eigenvalue weighted by Crippen LogP contribution is -2.36. The zero-order valence-corrected chi connectivity index (χ0v) is 15.4. The van der Waals surface area contributed by atoms with E-state index in [0.717, 1.165) is 5.01 Å². The Balaban J connectivity index is 1.77. The van der Waals surface area contributed by atoms with Crippen molar-refractivity contribution in [3.8, 4) is 18.1 Å². The highest BCUT2D eigenvalue weighted by molar-refractivity contribution is 6.26. The predicted molar refractivity (Wildman–Crippen MR) is 109 cm³/mol. The number of nitro benzene ring substituents is 1. The van der Waals surface area contributed by atoms with Crippen LogP contribution >= 0.6 is 0 Å². The molecule has 30 heavy (non-hydrogen) atoms. The number of carbonyl (C=O) groups is 2. The Hall–Kier alpha value is -4.51. The lowest BCUT2D eigenvalue weighted by molar-refractivity contribution is -0.383. The topological polar surface area (TPSA) is 102 Å². The molecular weight excluding hydrogens is 386 g/mol. The normalized spacial score (nSPS) is 13.0. The molecule has 0 N–H and O–H groups in total. The highest BCUT2D eigenvalue weighted by Crippen LogP contribution is 2.35. The van der Waals surface area contributed by atoms with Gasteiger partial charge in [-0.05, 0) is 30.3 Å². The van der Waals surface area contributed by atoms with Crippen LogP contribution in [0.4, 0.5) is 5.69 Å². The van der Waals surface area contributed by atoms with Crippen LogP contribution in [0.5, 0.6) is 5.75 Å². The maximum atomic E-state index is 12.9. The molecule has 1 heterocycles. The first-order valence-corrected chi connectivity index (χ1v) is 8.81. The Bertz CT molecular complexity index is 1270. The average Bonchev–Trinajstić information content (AvgIpc) is 2.76. The maximum absolute atomic E-state index is 12.9. The Kier molecular flexibility index (Phi) is 4.70. The summed E-state index contributed by atoms with van der Waals surface area (Å²) in [6.07, 6.45) is 6.55. The second-order valence-corrected chi connectivity index (χ2v) is 6.31. The van der Waals surface area contributed by atoms with Crippen LogP contribution < -0.4 is 4.74 Å². The molecule has 3 aromatic carbocycles. The molecule has 8 heteroatoms. The number of amides is 2. The number of terminal acetylenes is 1. The van der Waals surface area contributed by atoms with Gasteiger partial charge in [-0.1, -0.05) is 24.1 Å². The van der Waals surface area contributed by atoms with Crippen molar-refractivity contribution in [2.24, 2.45) is 5.10 Å². The second kappa shape index (κ2) is 7.48. The van der Waals surface area contributed by atoms with Crippen LogP contribution in [0.25, 0.3) is 10.8 Å². The molecule has 0 radical (unpaired) electrons. The van der Waals surface area contributed by atoms with Crippen molar-refractivity contribution in [3.05, 3.63) is 81.4 Å². The van der Waals surface area contributed by atoms with E-state index in [1.165, 1.54) is 36.5 Å². The zero-order valence-electron chi connectivity index (χ0n) is 15.4. The molecule has 0 bridgehead atoms. The van der Waals surface area contributed by atoms with E-state index in [0.29, 0.717) is 11.3 Å². The van der Waals surface area contributed by atoms with Crippen LogP contribution in [0.3, 0.4) is 0 Å². The van der Waals surface area contributed by atoms with Gasteiger partial charge in [-0.15, -0.1) is 6.42 Å². The third-order valence-corrected chi connectivity index (χ3v) is 4.60. The van der Waals surface area contributed by atoms with Crippen LogP contribution in [-0.4, -0.2) is 34.6 Å². The minimum absolute atomic E-state index is 0.0561. The number of hydrazone groups is 1. The first kappa shape index (κ1) is 18.8. The summed E-state index contributed by atoms with van der Waals surface area (Å²) >= 11 is 0. The SMILES string of the molecule is C#CCOc1ccccc1/C=N\N1C(=O)c2cccc3c([N+](=O)[O-])ccc(c23)C1=O. The molecule has 146 valence electrons. The van der Waals surface area contributed by atoms with Crippen molar-refractivity contribution >= 4 is 34.5 Å². The Morgan fingerprint density at radius 3 is 2.53 bits per heavy atom. The first-order chi connectivity index (χ1) is 14.5. The Morgan fingerprint density at radius 2 is 1.80 bits per heavy atom. The molecule has 0 aliphatic carbocycles. The summed E-state index contributed by atoms with van der Waals surface area (Å²) in [5.74, 6) is 1.48. The summed E-state index contributed by atoms with van der Waals surface area (Å²) in [6, 6.07) is 14.0. The van der Waals surface area contributed by atoms with E-state index in [9.17, 15) is 19.7 Å². The number of nitro groups is 1. The number of hydrogen-bond acceptors (Lipinski definition) is 6. The van der Waals surface area contributed by atoms with E-state index in [1.54, 1.807) is 24.3 Å². The van der Waals surface area contributed by atoms with Crippen LogP contribution in [0.15, 0.2) is 59.7 Å². The number of non-ortho nitro benzene ring substituents is 1. The summed E-state index contributed by atoms with van der Waals surface area (Å²) in [6.45, 7) is 0.0561. The van der Waals surface area contributed by atoms with Crippen molar-refractivity contribution in [2.75, 3.05) is 6.61 Å². The highest BCUT2D eigenvalue weighted by atomic mass is 16.6. The molecule has 0 saturated heterocycles. The third kappa shape index (κ3) is 3.04. The lowest BCUT2D eigenvalue weighted by atomic mass is 9.94. The first-order valence-electron chi connectivity index (χ1n) is 8.81. The summed E-state index contributed by atoms with van der Waals surface area (Å²) in [5, 5.41) is 16.6. The number of nitrogens with zero attached hydrogens (tertiary/aromatic N) is 3. The molecule has 0 spiro atoms. The molecule has 4 rings (SSSR count). The van der Waals surface area contributed by atoms with Crippen LogP contribution in [-0.2, 0) is 0 Å². The van der Waals surface area contributed by atoms with Gasteiger partial charge in [0.2, 0.25) is 0 Å². The predicted octanol–water partition coefficient (Wildman–Crippen LogP) is 3.39. The summed E-state index contributed by atoms with van der Waals surface area (Å²) in [4.78, 5) is 36.6. The summed E-state index contributed by atoms with van der Waals surface area (Å²) in [7, 11) is 0. The standard InChI is InChI=1S/C22H13N3O5/c1-2-12-30-19-9-4-3-6-14(19)13-23-24-21(26)16-8-5-7-15-18(25(28)29)11-10-17(20(15)16)22(24)27/h1,3-11,13H,12H2/b23-13-. The Labute approximate surface area is 170 Å². The van der Waals surface area contributed by atoms with Gasteiger partial charge in [-0.3, -0.25) is 19.7 Å². The fraction of sp³-hybridized carbons (Fsp3) is 0.0455. The van der Waals surface area contributed by atoms with Crippen molar-refractivity contribution < 1.29 is 19.2 Å². The van der Waals surface area contributed by atoms with Gasteiger partial charge in [0.05, 0.1) is 27.7 Å². The molecule has 0 aromatic heterocycles. The van der Waals surface area contributed by atoms with Gasteiger partial charge in [0.15, 0.2) is 0 Å². The van der Waals surface area contributed by atoms with Gasteiger partial charge in [-0.25, -0.2) is 0 Å². The van der Waals surface area contributed by atoms with Gasteiger partial charge in [0.1, 0.15) is 12.4 Å². The highest BCUT2D eigenvalue weighted by Gasteiger charge is 2.34. The minimum Gasteiger partial charge on any atom is -0.480 e. The van der Waals surface area contributed by atoms with Gasteiger partial charge < -0.3 is 4.74 Å². The van der Waals surface area contributed by atoms with Gasteiger partial charge in [0, 0.05) is 17.0 Å². The number of para-hydroxylation sites is 1. The van der Waals surface area contributed by atoms with E-state index in [-0.39, 0.29) is 34.2 Å². The summed E-state index contributed by atoms with van der Waals surface area (Å²) in [5.41, 5.74) is 0.688. The molecule has 1 aliphatic rings. The number of ether oxygens (including phenoxy) is 1. The van der Waals surface area contributed by atoms with Crippen molar-refractivity contribution in [1.82, 2.24) is 5.01 Å². The second-order valence-electron chi connectivity index (χ2n) is 6.31. The van der Waals surface area contributed by atoms with E-state index < -0.39 is 16.7 Å². The van der Waals surface area contributed by atoms with Crippen molar-refractivity contribution in [2.45, 2.75) is 0 Å². The molecule has 8 nitrogen and oxygen atoms in total. The molecule has 3 aromatic rings. The number of imide groups is 1. The number of rotatable bonds is 5. The molecule has 0 unspecified atom stereocenters. The molecule has 0 atom stereocenters. The van der Waals surface area contributed by atoms with E-state index in [4.69, 9.17) is 11.2 Å². The number of hydrogen-bond donors (Lipinski definition) is 0. The maximum Gasteiger partial charge on any atom is 0.282 e. The van der Waals surface area contributed by atoms with E-state index >= 15 is 0 Å². The number of benzene rings is 3. The largest absolute Gasteiger partial charge is 0.480 e. The van der Waals surface area contributed by atoms with Gasteiger partial charge >= 0.3 is 0 Å². The van der Waals surface area contributed by atoms with Crippen molar-refractivity contribution in [3.63, 3.8) is 0 Å². The van der Waals surface area contributed by atoms with Crippen LogP contribution in [0.1, 0.15) is 26.3 Å². The van der Waals surface area contributed by atoms with Gasteiger partial charge in [0.25, 0.3) is 17.5 Å². The molecule has 0 saturated carbocycles. The molecule has 1 aliphatic heterocycles. The fourth-order valence-electron chi connectivity index (χ4n) is 3.29. The molecular formula is C22H13N3O5. The average molecular weight is 399 g/mol. The summed E-state index contributed by atoms with van der Waals surface area (Å²) < 4.78 is 5.44. The Morgan fingerprint density at radius 1 is 1.07 bits per heavy atom. The van der Waals surface area contributed by atoms with Crippen LogP contribution in [0, 0.1) is 22.5 Å². The lowest BCUT2D eigenvalue weighted by Gasteiger charge is -2.23. The van der Waals surface area contributed by atoms with E-state index in [2.05, 4.69) is 11.0 Å². The fourth-order valence-corrected chi connectivity index (χ4v) is 3.29. The smallest absolute Gasteiger partial charge is 0.282 e. The third-order valence-electron chi connectivity index (χ3n) is 4.60. The monoisotopic (exact) mass is 399 g/mol. The number of carbonyl (C=O) groups excluding carboxylic acids is 2. The minimum atomic E-state index is -0.670.